The Hall–Kier alpha value is -3.49. The number of rotatable bonds is 6. The third kappa shape index (κ3) is 4.21. The molecule has 1 atom stereocenters. The molecule has 1 unspecified atom stereocenters. The number of carbonyl (C=O) groups is 2. The number of carbonyl (C=O) groups excluding carboxylic acids is 2. The van der Waals surface area contributed by atoms with Crippen molar-refractivity contribution in [2.45, 2.75) is 26.8 Å². The Labute approximate surface area is 179 Å². The van der Waals surface area contributed by atoms with Gasteiger partial charge in [0.2, 0.25) is 5.91 Å². The van der Waals surface area contributed by atoms with Gasteiger partial charge in [-0.05, 0) is 45.0 Å². The van der Waals surface area contributed by atoms with E-state index < -0.39 is 5.82 Å². The van der Waals surface area contributed by atoms with Crippen molar-refractivity contribution in [3.8, 4) is 11.3 Å². The van der Waals surface area contributed by atoms with Crippen molar-refractivity contribution in [2.24, 2.45) is 5.92 Å². The first kappa shape index (κ1) is 20.8. The summed E-state index contributed by atoms with van der Waals surface area (Å²) in [6.07, 6.45) is 0. The van der Waals surface area contributed by atoms with Crippen LogP contribution in [-0.2, 0) is 4.79 Å². The van der Waals surface area contributed by atoms with Crippen molar-refractivity contribution >= 4 is 11.8 Å². The molecular formula is C22H25FN6O2. The van der Waals surface area contributed by atoms with Gasteiger partial charge in [0, 0.05) is 30.9 Å². The number of hydrogen-bond acceptors (Lipinski definition) is 4. The van der Waals surface area contributed by atoms with Gasteiger partial charge in [0.25, 0.3) is 5.91 Å². The van der Waals surface area contributed by atoms with E-state index in [0.717, 1.165) is 11.4 Å². The summed E-state index contributed by atoms with van der Waals surface area (Å²) < 4.78 is 15.8. The zero-order valence-corrected chi connectivity index (χ0v) is 17.7. The van der Waals surface area contributed by atoms with Crippen LogP contribution in [0.5, 0.6) is 0 Å². The number of likely N-dealkylation sites (tertiary alicyclic amines) is 1. The molecule has 1 aliphatic heterocycles. The number of hydrogen-bond donors (Lipinski definition) is 2. The minimum Gasteiger partial charge on any atom is -0.354 e. The highest BCUT2D eigenvalue weighted by Gasteiger charge is 2.36. The number of benzene rings is 1. The van der Waals surface area contributed by atoms with Crippen LogP contribution in [0.2, 0.25) is 0 Å². The Bertz CT molecular complexity index is 1110. The molecule has 0 aliphatic carbocycles. The van der Waals surface area contributed by atoms with E-state index in [1.54, 1.807) is 23.1 Å². The number of aromatic amines is 1. The molecule has 0 radical (unpaired) electrons. The van der Waals surface area contributed by atoms with Crippen molar-refractivity contribution < 1.29 is 14.0 Å². The molecule has 1 aromatic carbocycles. The maximum Gasteiger partial charge on any atom is 0.271 e. The normalized spacial score (nSPS) is 14.9. The van der Waals surface area contributed by atoms with Gasteiger partial charge >= 0.3 is 0 Å². The summed E-state index contributed by atoms with van der Waals surface area (Å²) in [6.45, 7) is 7.08. The molecule has 2 aromatic heterocycles. The summed E-state index contributed by atoms with van der Waals surface area (Å²) in [6, 6.07) is 9.84. The highest BCUT2D eigenvalue weighted by molar-refractivity contribution is 5.95. The predicted octanol–water partition coefficient (Wildman–Crippen LogP) is 2.48. The molecule has 9 heteroatoms. The van der Waals surface area contributed by atoms with Gasteiger partial charge < -0.3 is 10.2 Å². The lowest BCUT2D eigenvalue weighted by Gasteiger charge is -2.38. The molecule has 0 saturated carbocycles. The largest absolute Gasteiger partial charge is 0.354 e. The maximum atomic E-state index is 13.9. The average Bonchev–Trinajstić information content (AvgIpc) is 3.31. The van der Waals surface area contributed by atoms with E-state index in [0.29, 0.717) is 30.9 Å². The number of nitrogens with zero attached hydrogens (tertiary/aromatic N) is 4. The Morgan fingerprint density at radius 1 is 1.26 bits per heavy atom. The molecule has 1 saturated heterocycles. The van der Waals surface area contributed by atoms with Gasteiger partial charge in [-0.1, -0.05) is 12.1 Å². The Morgan fingerprint density at radius 3 is 2.68 bits per heavy atom. The molecule has 8 nitrogen and oxygen atoms in total. The molecule has 4 rings (SSSR count). The van der Waals surface area contributed by atoms with Crippen molar-refractivity contribution in [1.29, 1.82) is 0 Å². The van der Waals surface area contributed by atoms with E-state index in [1.165, 1.54) is 12.1 Å². The first-order valence-electron chi connectivity index (χ1n) is 10.2. The molecule has 162 valence electrons. The van der Waals surface area contributed by atoms with Crippen LogP contribution >= 0.6 is 0 Å². The van der Waals surface area contributed by atoms with Crippen LogP contribution < -0.4 is 5.32 Å². The first-order valence-corrected chi connectivity index (χ1v) is 10.2. The second-order valence-corrected chi connectivity index (χ2v) is 8.02. The van der Waals surface area contributed by atoms with Gasteiger partial charge in [0.05, 0.1) is 23.3 Å². The smallest absolute Gasteiger partial charge is 0.271 e. The number of H-pyrrole nitrogens is 1. The second kappa shape index (κ2) is 8.33. The average molecular weight is 424 g/mol. The minimum absolute atomic E-state index is 0.0391. The third-order valence-corrected chi connectivity index (χ3v) is 5.53. The highest BCUT2D eigenvalue weighted by Crippen LogP contribution is 2.23. The number of aromatic nitrogens is 4. The first-order chi connectivity index (χ1) is 14.8. The molecular weight excluding hydrogens is 399 g/mol. The van der Waals surface area contributed by atoms with Gasteiger partial charge in [-0.15, -0.1) is 0 Å². The summed E-state index contributed by atoms with van der Waals surface area (Å²) in [7, 11) is 0. The van der Waals surface area contributed by atoms with E-state index in [1.807, 2.05) is 31.5 Å². The fourth-order valence-electron chi connectivity index (χ4n) is 3.79. The van der Waals surface area contributed by atoms with Crippen LogP contribution in [0.15, 0.2) is 36.4 Å². The minimum atomic E-state index is -0.400. The quantitative estimate of drug-likeness (QED) is 0.635. The fraction of sp³-hybridized carbons (Fsp3) is 0.364. The van der Waals surface area contributed by atoms with E-state index in [9.17, 15) is 14.0 Å². The van der Waals surface area contributed by atoms with Crippen LogP contribution in [-0.4, -0.2) is 56.3 Å². The maximum absolute atomic E-state index is 13.9. The van der Waals surface area contributed by atoms with Crippen molar-refractivity contribution in [2.75, 3.05) is 19.6 Å². The molecule has 2 N–H and O–H groups in total. The van der Waals surface area contributed by atoms with E-state index in [-0.39, 0.29) is 29.5 Å². The molecule has 1 fully saturated rings. The zero-order chi connectivity index (χ0) is 22.1. The van der Waals surface area contributed by atoms with Crippen molar-refractivity contribution in [1.82, 2.24) is 30.2 Å². The molecule has 31 heavy (non-hydrogen) atoms. The lowest BCUT2D eigenvalue weighted by atomic mass is 9.98. The lowest BCUT2D eigenvalue weighted by Crippen LogP contribution is -2.56. The van der Waals surface area contributed by atoms with E-state index in [4.69, 9.17) is 0 Å². The highest BCUT2D eigenvalue weighted by atomic mass is 19.1. The van der Waals surface area contributed by atoms with Crippen LogP contribution in [0.3, 0.4) is 0 Å². The number of nitrogens with one attached hydrogen (secondary N) is 2. The molecule has 0 spiro atoms. The Morgan fingerprint density at radius 2 is 2.00 bits per heavy atom. The van der Waals surface area contributed by atoms with Crippen molar-refractivity contribution in [3.63, 3.8) is 0 Å². The SMILES string of the molecule is Cc1cc(C)n(C(C)CNC(=O)C2CN(C(=O)c3cc(-c4ccccc4F)n[nH]3)C2)n1. The number of halogens is 1. The van der Waals surface area contributed by atoms with Crippen LogP contribution in [0.1, 0.15) is 34.8 Å². The summed E-state index contributed by atoms with van der Waals surface area (Å²) >= 11 is 0. The summed E-state index contributed by atoms with van der Waals surface area (Å²) in [5.41, 5.74) is 2.97. The Kier molecular flexibility index (Phi) is 5.58. The monoisotopic (exact) mass is 424 g/mol. The summed E-state index contributed by atoms with van der Waals surface area (Å²) in [5, 5.41) is 14.1. The number of aryl methyl sites for hydroxylation is 2. The van der Waals surface area contributed by atoms with Gasteiger partial charge in [-0.3, -0.25) is 19.4 Å². The lowest BCUT2D eigenvalue weighted by molar-refractivity contribution is -0.129. The van der Waals surface area contributed by atoms with Crippen LogP contribution in [0, 0.1) is 25.6 Å². The predicted molar refractivity (Wildman–Crippen MR) is 113 cm³/mol. The summed E-state index contributed by atoms with van der Waals surface area (Å²) in [5.74, 6) is -0.974. The topological polar surface area (TPSA) is 95.9 Å². The van der Waals surface area contributed by atoms with E-state index >= 15 is 0 Å². The molecule has 1 aliphatic rings. The number of amides is 2. The van der Waals surface area contributed by atoms with Gasteiger partial charge in [-0.2, -0.15) is 10.2 Å². The van der Waals surface area contributed by atoms with Crippen LogP contribution in [0.4, 0.5) is 4.39 Å². The fourth-order valence-corrected chi connectivity index (χ4v) is 3.79. The second-order valence-electron chi connectivity index (χ2n) is 8.02. The molecule has 3 aromatic rings. The molecule has 3 heterocycles. The zero-order valence-electron chi connectivity index (χ0n) is 17.7. The standard InChI is InChI=1S/C22H25FN6O2/c1-13-8-14(2)29(27-13)15(3)10-24-21(30)16-11-28(12-16)22(31)20-9-19(25-26-20)17-6-4-5-7-18(17)23/h4-9,15-16H,10-12H2,1-3H3,(H,24,30)(H,25,26). The summed E-state index contributed by atoms with van der Waals surface area (Å²) in [4.78, 5) is 26.7. The molecule has 2 amide bonds. The van der Waals surface area contributed by atoms with Crippen LogP contribution in [0.25, 0.3) is 11.3 Å². The van der Waals surface area contributed by atoms with Crippen molar-refractivity contribution in [3.05, 3.63) is 59.3 Å². The third-order valence-electron chi connectivity index (χ3n) is 5.53. The van der Waals surface area contributed by atoms with Gasteiger partial charge in [-0.25, -0.2) is 4.39 Å². The van der Waals surface area contributed by atoms with Gasteiger partial charge in [0.15, 0.2) is 0 Å². The van der Waals surface area contributed by atoms with E-state index in [2.05, 4.69) is 20.6 Å². The Balaban J connectivity index is 1.29. The van der Waals surface area contributed by atoms with Gasteiger partial charge in [0.1, 0.15) is 11.5 Å². The molecule has 0 bridgehead atoms.